The Morgan fingerprint density at radius 3 is 2.32 bits per heavy atom. The van der Waals surface area contributed by atoms with Gasteiger partial charge in [0.2, 0.25) is 20.9 Å². The summed E-state index contributed by atoms with van der Waals surface area (Å²) >= 11 is 0. The van der Waals surface area contributed by atoms with Gasteiger partial charge in [0.15, 0.2) is 9.84 Å². The molecule has 152 valence electrons. The van der Waals surface area contributed by atoms with Gasteiger partial charge in [-0.15, -0.1) is 10.2 Å². The van der Waals surface area contributed by atoms with Gasteiger partial charge in [0.1, 0.15) is 6.33 Å². The van der Waals surface area contributed by atoms with Crippen LogP contribution >= 0.6 is 0 Å². The molecule has 3 rings (SSSR count). The van der Waals surface area contributed by atoms with Crippen LogP contribution < -0.4 is 0 Å². The van der Waals surface area contributed by atoms with Crippen LogP contribution in [0.5, 0.6) is 0 Å². The Kier molecular flexibility index (Phi) is 5.84. The van der Waals surface area contributed by atoms with E-state index in [4.69, 9.17) is 0 Å². The van der Waals surface area contributed by atoms with Crippen molar-refractivity contribution in [3.8, 4) is 0 Å². The van der Waals surface area contributed by atoms with Crippen molar-refractivity contribution >= 4 is 25.6 Å². The van der Waals surface area contributed by atoms with Gasteiger partial charge >= 0.3 is 0 Å². The number of hydrogen-bond donors (Lipinski definition) is 0. The van der Waals surface area contributed by atoms with Gasteiger partial charge < -0.3 is 9.47 Å². The first kappa shape index (κ1) is 20.5. The van der Waals surface area contributed by atoms with Crippen LogP contribution in [0.25, 0.3) is 0 Å². The predicted octanol–water partition coefficient (Wildman–Crippen LogP) is 0.444. The molecular formula is C17H22N4O5S2. The minimum atomic E-state index is -3.61. The zero-order chi connectivity index (χ0) is 20.4. The molecule has 1 fully saturated rings. The topological polar surface area (TPSA) is 119 Å². The Morgan fingerprint density at radius 2 is 1.75 bits per heavy atom. The smallest absolute Gasteiger partial charge is 0.249 e. The Morgan fingerprint density at radius 1 is 1.11 bits per heavy atom. The van der Waals surface area contributed by atoms with Gasteiger partial charge in [0.05, 0.1) is 15.9 Å². The first-order chi connectivity index (χ1) is 13.2. The van der Waals surface area contributed by atoms with Crippen molar-refractivity contribution in [1.82, 2.24) is 19.7 Å². The number of hydrogen-bond acceptors (Lipinski definition) is 7. The molecule has 9 nitrogen and oxygen atoms in total. The Labute approximate surface area is 164 Å². The highest BCUT2D eigenvalue weighted by Gasteiger charge is 2.35. The van der Waals surface area contributed by atoms with Gasteiger partial charge in [-0.2, -0.15) is 0 Å². The summed E-state index contributed by atoms with van der Waals surface area (Å²) in [5.74, 6) is -0.554. The number of carbonyl (C=O) groups excluding carboxylic acids is 1. The summed E-state index contributed by atoms with van der Waals surface area (Å²) in [6.07, 6.45) is 1.77. The van der Waals surface area contributed by atoms with E-state index in [1.54, 1.807) is 25.2 Å². The maximum atomic E-state index is 12.7. The third kappa shape index (κ3) is 4.25. The molecule has 1 aromatic heterocycles. The van der Waals surface area contributed by atoms with Crippen LogP contribution in [-0.4, -0.2) is 66.5 Å². The van der Waals surface area contributed by atoms with Gasteiger partial charge in [-0.05, 0) is 25.0 Å². The molecule has 28 heavy (non-hydrogen) atoms. The Hall–Kier alpha value is -2.27. The molecule has 0 bridgehead atoms. The first-order valence-corrected chi connectivity index (χ1v) is 12.0. The highest BCUT2D eigenvalue weighted by molar-refractivity contribution is 7.92. The summed E-state index contributed by atoms with van der Waals surface area (Å²) in [6, 6.07) is 8.00. The van der Waals surface area contributed by atoms with Crippen LogP contribution in [0.15, 0.2) is 46.7 Å². The monoisotopic (exact) mass is 426 g/mol. The van der Waals surface area contributed by atoms with Crippen LogP contribution in [0.2, 0.25) is 0 Å². The fourth-order valence-electron chi connectivity index (χ4n) is 3.22. The van der Waals surface area contributed by atoms with E-state index in [0.29, 0.717) is 0 Å². The van der Waals surface area contributed by atoms with Crippen molar-refractivity contribution in [3.05, 3.63) is 36.7 Å². The molecule has 0 unspecified atom stereocenters. The van der Waals surface area contributed by atoms with E-state index in [-0.39, 0.29) is 54.1 Å². The number of piperidine rings is 1. The molecular weight excluding hydrogens is 404 g/mol. The number of rotatable bonds is 6. The Balaban J connectivity index is 1.56. The quantitative estimate of drug-likeness (QED) is 0.657. The normalized spacial score (nSPS) is 16.2. The minimum Gasteiger partial charge on any atom is -0.343 e. The van der Waals surface area contributed by atoms with Crippen LogP contribution in [0.3, 0.4) is 0 Å². The number of carbonyl (C=O) groups is 1. The van der Waals surface area contributed by atoms with E-state index in [2.05, 4.69) is 10.2 Å². The van der Waals surface area contributed by atoms with E-state index >= 15 is 0 Å². The molecule has 0 saturated carbocycles. The summed E-state index contributed by atoms with van der Waals surface area (Å²) in [5.41, 5.74) is 0. The van der Waals surface area contributed by atoms with Gasteiger partial charge in [-0.1, -0.05) is 18.2 Å². The number of likely N-dealkylation sites (tertiary alicyclic amines) is 1. The summed E-state index contributed by atoms with van der Waals surface area (Å²) in [7, 11) is -5.57. The van der Waals surface area contributed by atoms with E-state index in [9.17, 15) is 21.6 Å². The van der Waals surface area contributed by atoms with Crippen LogP contribution in [0.4, 0.5) is 0 Å². The maximum Gasteiger partial charge on any atom is 0.249 e. The molecule has 0 N–H and O–H groups in total. The largest absolute Gasteiger partial charge is 0.343 e. The lowest BCUT2D eigenvalue weighted by Crippen LogP contribution is -2.43. The van der Waals surface area contributed by atoms with Crippen molar-refractivity contribution in [2.24, 2.45) is 7.05 Å². The van der Waals surface area contributed by atoms with Crippen molar-refractivity contribution in [3.63, 3.8) is 0 Å². The van der Waals surface area contributed by atoms with Gasteiger partial charge in [-0.25, -0.2) is 16.8 Å². The zero-order valence-corrected chi connectivity index (χ0v) is 17.1. The SMILES string of the molecule is Cn1cnnc1S(=O)(=O)C1CCN(C(=O)CCS(=O)(=O)c2ccccc2)CC1. The van der Waals surface area contributed by atoms with Gasteiger partial charge in [0.25, 0.3) is 0 Å². The second-order valence-electron chi connectivity index (χ2n) is 6.73. The lowest BCUT2D eigenvalue weighted by molar-refractivity contribution is -0.131. The summed E-state index contributed by atoms with van der Waals surface area (Å²) < 4.78 is 51.3. The molecule has 1 aromatic carbocycles. The molecule has 0 atom stereocenters. The molecule has 2 heterocycles. The van der Waals surface area contributed by atoms with Crippen molar-refractivity contribution in [2.45, 2.75) is 34.6 Å². The lowest BCUT2D eigenvalue weighted by Gasteiger charge is -2.31. The molecule has 11 heteroatoms. The summed E-state index contributed by atoms with van der Waals surface area (Å²) in [5, 5.41) is 6.58. The van der Waals surface area contributed by atoms with E-state index in [0.717, 1.165) is 0 Å². The van der Waals surface area contributed by atoms with Crippen LogP contribution in [-0.2, 0) is 31.5 Å². The van der Waals surface area contributed by atoms with Crippen molar-refractivity contribution in [1.29, 1.82) is 0 Å². The average molecular weight is 427 g/mol. The molecule has 0 spiro atoms. The molecule has 0 aliphatic carbocycles. The fourth-order valence-corrected chi connectivity index (χ4v) is 6.21. The molecule has 1 aliphatic heterocycles. The summed E-state index contributed by atoms with van der Waals surface area (Å²) in [6.45, 7) is 0.540. The number of nitrogens with zero attached hydrogens (tertiary/aromatic N) is 4. The molecule has 1 amide bonds. The standard InChI is InChI=1S/C17H22N4O5S2/c1-20-13-18-19-17(20)28(25,26)15-7-10-21(11-8-15)16(22)9-12-27(23,24)14-5-3-2-4-6-14/h2-6,13,15H,7-12H2,1H3. The zero-order valence-electron chi connectivity index (χ0n) is 15.4. The van der Waals surface area contributed by atoms with Crippen molar-refractivity contribution in [2.75, 3.05) is 18.8 Å². The van der Waals surface area contributed by atoms with E-state index in [1.165, 1.54) is 27.9 Å². The summed E-state index contributed by atoms with van der Waals surface area (Å²) in [4.78, 5) is 14.1. The third-order valence-corrected chi connectivity index (χ3v) is 8.80. The number of aryl methyl sites for hydroxylation is 1. The second-order valence-corrected chi connectivity index (χ2v) is 11.0. The highest BCUT2D eigenvalue weighted by Crippen LogP contribution is 2.23. The second kappa shape index (κ2) is 8.00. The molecule has 2 aromatic rings. The molecule has 1 saturated heterocycles. The van der Waals surface area contributed by atoms with Gasteiger partial charge in [0, 0.05) is 26.6 Å². The number of aromatic nitrogens is 3. The van der Waals surface area contributed by atoms with Crippen LogP contribution in [0, 0.1) is 0 Å². The van der Waals surface area contributed by atoms with E-state index in [1.807, 2.05) is 0 Å². The highest BCUT2D eigenvalue weighted by atomic mass is 32.2. The Bertz CT molecular complexity index is 1040. The fraction of sp³-hybridized carbons (Fsp3) is 0.471. The average Bonchev–Trinajstić information content (AvgIpc) is 3.14. The van der Waals surface area contributed by atoms with Gasteiger partial charge in [-0.3, -0.25) is 4.79 Å². The number of amides is 1. The number of sulfone groups is 2. The predicted molar refractivity (Wildman–Crippen MR) is 101 cm³/mol. The van der Waals surface area contributed by atoms with Crippen molar-refractivity contribution < 1.29 is 21.6 Å². The van der Waals surface area contributed by atoms with E-state index < -0.39 is 24.9 Å². The first-order valence-electron chi connectivity index (χ1n) is 8.85. The lowest BCUT2D eigenvalue weighted by atomic mass is 10.1. The van der Waals surface area contributed by atoms with Crippen LogP contribution in [0.1, 0.15) is 19.3 Å². The molecule has 0 radical (unpaired) electrons. The molecule has 1 aliphatic rings. The minimum absolute atomic E-state index is 0.0776. The maximum absolute atomic E-state index is 12.7. The number of benzene rings is 1. The third-order valence-electron chi connectivity index (χ3n) is 4.84.